The highest BCUT2D eigenvalue weighted by molar-refractivity contribution is 7.92. The molecule has 1 aliphatic rings. The van der Waals surface area contributed by atoms with Crippen LogP contribution in [0.5, 0.6) is 0 Å². The fourth-order valence-electron chi connectivity index (χ4n) is 5.86. The molecular formula is C37H39ClFN3O4S. The van der Waals surface area contributed by atoms with Crippen molar-refractivity contribution in [3.05, 3.63) is 131 Å². The van der Waals surface area contributed by atoms with Crippen molar-refractivity contribution >= 4 is 39.1 Å². The van der Waals surface area contributed by atoms with Gasteiger partial charge in [-0.3, -0.25) is 13.9 Å². The molecule has 1 fully saturated rings. The van der Waals surface area contributed by atoms with E-state index >= 15 is 0 Å². The number of anilines is 1. The summed E-state index contributed by atoms with van der Waals surface area (Å²) in [6.45, 7) is 1.34. The number of hydrogen-bond donors (Lipinski definition) is 1. The summed E-state index contributed by atoms with van der Waals surface area (Å²) in [6.07, 6.45) is 5.13. The van der Waals surface area contributed by atoms with Crippen molar-refractivity contribution in [2.75, 3.05) is 10.8 Å². The van der Waals surface area contributed by atoms with Crippen molar-refractivity contribution in [3.8, 4) is 0 Å². The molecule has 2 amide bonds. The molecule has 0 heterocycles. The van der Waals surface area contributed by atoms with Crippen LogP contribution in [0.15, 0.2) is 108 Å². The van der Waals surface area contributed by atoms with Crippen LogP contribution in [0.2, 0.25) is 5.02 Å². The van der Waals surface area contributed by atoms with Gasteiger partial charge >= 0.3 is 0 Å². The largest absolute Gasteiger partial charge is 0.352 e. The predicted molar refractivity (Wildman–Crippen MR) is 183 cm³/mol. The zero-order chi connectivity index (χ0) is 33.4. The Hall–Kier alpha value is -4.21. The second-order valence-electron chi connectivity index (χ2n) is 12.0. The van der Waals surface area contributed by atoms with E-state index < -0.39 is 34.3 Å². The standard InChI is InChI=1S/C37H39ClFN3O4S/c1-27-12-20-33(21-13-27)42(47(45,46)34-22-18-31(39)19-23-34)26-36(43)41(25-29-14-16-30(38)17-15-29)35(24-28-8-4-2-5-9-28)37(44)40-32-10-6-3-7-11-32/h2,4-5,8-9,12-23,32,35H,3,6-7,10-11,24-26H2,1H3,(H,40,44)/t35-/m1/s1. The van der Waals surface area contributed by atoms with Crippen molar-refractivity contribution in [1.82, 2.24) is 10.2 Å². The summed E-state index contributed by atoms with van der Waals surface area (Å²) in [5, 5.41) is 3.73. The van der Waals surface area contributed by atoms with E-state index in [1.165, 1.54) is 17.0 Å². The summed E-state index contributed by atoms with van der Waals surface area (Å²) in [5.74, 6) is -1.43. The number of halogens is 2. The Labute approximate surface area is 281 Å². The third-order valence-corrected chi connectivity index (χ3v) is 10.5. The van der Waals surface area contributed by atoms with E-state index in [0.29, 0.717) is 5.02 Å². The van der Waals surface area contributed by atoms with E-state index in [2.05, 4.69) is 5.32 Å². The van der Waals surface area contributed by atoms with Crippen LogP contribution >= 0.6 is 11.6 Å². The van der Waals surface area contributed by atoms with E-state index in [4.69, 9.17) is 11.6 Å². The molecule has 0 bridgehead atoms. The van der Waals surface area contributed by atoms with Gasteiger partial charge in [0.25, 0.3) is 10.0 Å². The van der Waals surface area contributed by atoms with Crippen LogP contribution in [0, 0.1) is 12.7 Å². The van der Waals surface area contributed by atoms with Crippen molar-refractivity contribution in [2.24, 2.45) is 0 Å². The van der Waals surface area contributed by atoms with Crippen LogP contribution < -0.4 is 9.62 Å². The Morgan fingerprint density at radius 3 is 2.13 bits per heavy atom. The Bertz CT molecular complexity index is 1750. The van der Waals surface area contributed by atoms with E-state index in [9.17, 15) is 22.4 Å². The van der Waals surface area contributed by atoms with Crippen LogP contribution in [0.3, 0.4) is 0 Å². The number of nitrogens with one attached hydrogen (secondary N) is 1. The number of carbonyl (C=O) groups is 2. The zero-order valence-corrected chi connectivity index (χ0v) is 27.9. The van der Waals surface area contributed by atoms with E-state index in [1.807, 2.05) is 37.3 Å². The number of amides is 2. The summed E-state index contributed by atoms with van der Waals surface area (Å²) in [5.41, 5.74) is 2.77. The summed E-state index contributed by atoms with van der Waals surface area (Å²) >= 11 is 6.16. The quantitative estimate of drug-likeness (QED) is 0.174. The monoisotopic (exact) mass is 675 g/mol. The van der Waals surface area contributed by atoms with Crippen molar-refractivity contribution in [2.45, 2.75) is 69.0 Å². The topological polar surface area (TPSA) is 86.8 Å². The predicted octanol–water partition coefficient (Wildman–Crippen LogP) is 7.07. The van der Waals surface area contributed by atoms with Gasteiger partial charge in [-0.25, -0.2) is 12.8 Å². The molecule has 4 aromatic carbocycles. The lowest BCUT2D eigenvalue weighted by molar-refractivity contribution is -0.140. The second-order valence-corrected chi connectivity index (χ2v) is 14.3. The third kappa shape index (κ3) is 8.99. The first-order valence-corrected chi connectivity index (χ1v) is 17.6. The van der Waals surface area contributed by atoms with Crippen LogP contribution in [-0.4, -0.2) is 43.8 Å². The minimum Gasteiger partial charge on any atom is -0.352 e. The average molecular weight is 676 g/mol. The second kappa shape index (κ2) is 15.6. The van der Waals surface area contributed by atoms with Crippen LogP contribution in [0.1, 0.15) is 48.8 Å². The minimum atomic E-state index is -4.32. The van der Waals surface area contributed by atoms with Gasteiger partial charge in [-0.05, 0) is 79.4 Å². The molecule has 0 aromatic heterocycles. The number of nitrogens with zero attached hydrogens (tertiary/aromatic N) is 2. The van der Waals surface area contributed by atoms with Crippen LogP contribution in [0.4, 0.5) is 10.1 Å². The molecule has 1 saturated carbocycles. The molecule has 0 unspecified atom stereocenters. The fourth-order valence-corrected chi connectivity index (χ4v) is 7.40. The summed E-state index contributed by atoms with van der Waals surface area (Å²) in [4.78, 5) is 30.0. The van der Waals surface area contributed by atoms with Crippen LogP contribution in [0.25, 0.3) is 0 Å². The van der Waals surface area contributed by atoms with Crippen molar-refractivity contribution < 1.29 is 22.4 Å². The molecule has 0 spiro atoms. The molecule has 0 saturated heterocycles. The SMILES string of the molecule is Cc1ccc(N(CC(=O)N(Cc2ccc(Cl)cc2)[C@H](Cc2ccccc2)C(=O)NC2CCCCC2)S(=O)(=O)c2ccc(F)cc2)cc1. The van der Waals surface area contributed by atoms with Crippen LogP contribution in [-0.2, 0) is 32.6 Å². The Morgan fingerprint density at radius 1 is 0.851 bits per heavy atom. The van der Waals surface area contributed by atoms with E-state index in [1.54, 1.807) is 48.5 Å². The Morgan fingerprint density at radius 2 is 1.49 bits per heavy atom. The van der Waals surface area contributed by atoms with Gasteiger partial charge in [0.05, 0.1) is 10.6 Å². The lowest BCUT2D eigenvalue weighted by Gasteiger charge is -2.35. The lowest BCUT2D eigenvalue weighted by Crippen LogP contribution is -2.55. The number of rotatable bonds is 12. The van der Waals surface area contributed by atoms with Gasteiger partial charge in [0.15, 0.2) is 0 Å². The maximum absolute atomic E-state index is 14.6. The smallest absolute Gasteiger partial charge is 0.264 e. The summed E-state index contributed by atoms with van der Waals surface area (Å²) < 4.78 is 43.0. The maximum Gasteiger partial charge on any atom is 0.264 e. The number of hydrogen-bond acceptors (Lipinski definition) is 4. The summed E-state index contributed by atoms with van der Waals surface area (Å²) in [6, 6.07) is 26.8. The highest BCUT2D eigenvalue weighted by Gasteiger charge is 2.35. The maximum atomic E-state index is 14.6. The molecule has 10 heteroatoms. The van der Waals surface area contributed by atoms with E-state index in [0.717, 1.165) is 65.2 Å². The number of sulfonamides is 1. The first kappa shape index (κ1) is 34.1. The minimum absolute atomic E-state index is 0.00455. The third-order valence-electron chi connectivity index (χ3n) is 8.49. The first-order valence-electron chi connectivity index (χ1n) is 15.8. The van der Waals surface area contributed by atoms with Crippen molar-refractivity contribution in [1.29, 1.82) is 0 Å². The lowest BCUT2D eigenvalue weighted by atomic mass is 9.94. The highest BCUT2D eigenvalue weighted by Crippen LogP contribution is 2.26. The van der Waals surface area contributed by atoms with Crippen molar-refractivity contribution in [3.63, 3.8) is 0 Å². The molecule has 47 heavy (non-hydrogen) atoms. The molecule has 7 nitrogen and oxygen atoms in total. The molecule has 1 aliphatic carbocycles. The first-order chi connectivity index (χ1) is 22.6. The molecule has 1 N–H and O–H groups in total. The van der Waals surface area contributed by atoms with E-state index in [-0.39, 0.29) is 35.5 Å². The van der Waals surface area contributed by atoms with Gasteiger partial charge in [0.1, 0.15) is 18.4 Å². The average Bonchev–Trinajstić information content (AvgIpc) is 3.07. The van der Waals surface area contributed by atoms with Gasteiger partial charge in [-0.2, -0.15) is 0 Å². The van der Waals surface area contributed by atoms with Gasteiger partial charge in [0, 0.05) is 24.0 Å². The fraction of sp³-hybridized carbons (Fsp3) is 0.297. The molecule has 4 aromatic rings. The number of carbonyl (C=O) groups excluding carboxylic acids is 2. The molecule has 0 aliphatic heterocycles. The van der Waals surface area contributed by atoms with Gasteiger partial charge in [-0.1, -0.05) is 91.0 Å². The number of benzene rings is 4. The number of aryl methyl sites for hydroxylation is 1. The normalized spacial score (nSPS) is 14.3. The van der Waals surface area contributed by atoms with Gasteiger partial charge in [-0.15, -0.1) is 0 Å². The highest BCUT2D eigenvalue weighted by atomic mass is 35.5. The molecule has 5 rings (SSSR count). The van der Waals surface area contributed by atoms with Gasteiger partial charge in [0.2, 0.25) is 11.8 Å². The molecule has 246 valence electrons. The van der Waals surface area contributed by atoms with Gasteiger partial charge < -0.3 is 10.2 Å². The summed E-state index contributed by atoms with van der Waals surface area (Å²) in [7, 11) is -4.32. The Kier molecular flexibility index (Phi) is 11.3. The molecule has 0 radical (unpaired) electrons. The Balaban J connectivity index is 1.55. The molecule has 1 atom stereocenters. The zero-order valence-electron chi connectivity index (χ0n) is 26.3. The molecular weight excluding hydrogens is 637 g/mol.